The molecule has 0 N–H and O–H groups in total. The largest absolute Gasteiger partial charge is 0.310 e. The first-order valence-electron chi connectivity index (χ1n) is 25.0. The molecule has 0 bridgehead atoms. The first kappa shape index (κ1) is 40.1. The van der Waals surface area contributed by atoms with E-state index in [1.807, 2.05) is 0 Å². The van der Waals surface area contributed by atoms with Crippen LogP contribution >= 0.6 is 0 Å². The van der Waals surface area contributed by atoms with Crippen molar-refractivity contribution in [3.05, 3.63) is 282 Å². The van der Waals surface area contributed by atoms with E-state index in [0.29, 0.717) is 0 Å². The van der Waals surface area contributed by atoms with Crippen LogP contribution in [0.15, 0.2) is 249 Å². The van der Waals surface area contributed by atoms with E-state index in [9.17, 15) is 0 Å². The SMILES string of the molecule is CC1(C)c2ccccc2-c2cc(N(c3ccc4c5ccccc5c5ccccc5c4c3)c3cc4c(cc3-c3ccc(-c5ccccc5)cc3)-c3ccccc3C43c4ccccc4-c4ccccc43)ccc21. The fourth-order valence-corrected chi connectivity index (χ4v) is 13.3. The van der Waals surface area contributed by atoms with Gasteiger partial charge in [0.05, 0.1) is 11.1 Å². The third kappa shape index (κ3) is 5.52. The zero-order chi connectivity index (χ0) is 47.0. The van der Waals surface area contributed by atoms with Crippen molar-refractivity contribution >= 4 is 49.4 Å². The molecule has 0 heterocycles. The van der Waals surface area contributed by atoms with Crippen molar-refractivity contribution in [3.8, 4) is 55.6 Å². The van der Waals surface area contributed by atoms with Gasteiger partial charge in [0.15, 0.2) is 0 Å². The Morgan fingerprint density at radius 2 is 0.662 bits per heavy atom. The lowest BCUT2D eigenvalue weighted by Gasteiger charge is -2.33. The number of hydrogen-bond acceptors (Lipinski definition) is 1. The van der Waals surface area contributed by atoms with E-state index in [-0.39, 0.29) is 5.41 Å². The number of hydrogen-bond donors (Lipinski definition) is 0. The summed E-state index contributed by atoms with van der Waals surface area (Å²) in [7, 11) is 0. The number of rotatable bonds is 5. The van der Waals surface area contributed by atoms with Gasteiger partial charge in [-0.3, -0.25) is 0 Å². The van der Waals surface area contributed by atoms with Crippen molar-refractivity contribution in [1.82, 2.24) is 0 Å². The Kier molecular flexibility index (Phi) is 8.40. The maximum Gasteiger partial charge on any atom is 0.0726 e. The molecule has 1 spiro atoms. The third-order valence-corrected chi connectivity index (χ3v) is 16.5. The molecule has 0 aliphatic heterocycles. The van der Waals surface area contributed by atoms with Crippen LogP contribution in [0.25, 0.3) is 88.0 Å². The highest BCUT2D eigenvalue weighted by Gasteiger charge is 2.52. The summed E-state index contributed by atoms with van der Waals surface area (Å²) in [5, 5.41) is 7.57. The van der Waals surface area contributed by atoms with Crippen LogP contribution in [0.5, 0.6) is 0 Å². The Morgan fingerprint density at radius 1 is 0.254 bits per heavy atom. The molecular weight excluding hydrogens is 855 g/mol. The highest BCUT2D eigenvalue weighted by Crippen LogP contribution is 2.64. The first-order chi connectivity index (χ1) is 35.0. The average molecular weight is 902 g/mol. The first-order valence-corrected chi connectivity index (χ1v) is 25.0. The number of fused-ring (bicyclic) bond motifs is 19. The fraction of sp³-hybridized carbons (Fsp3) is 0.0571. The lowest BCUT2D eigenvalue weighted by molar-refractivity contribution is 0.660. The zero-order valence-electron chi connectivity index (χ0n) is 39.6. The lowest BCUT2D eigenvalue weighted by atomic mass is 9.70. The van der Waals surface area contributed by atoms with E-state index in [2.05, 4.69) is 267 Å². The van der Waals surface area contributed by atoms with Crippen LogP contribution in [0.2, 0.25) is 0 Å². The Morgan fingerprint density at radius 3 is 1.27 bits per heavy atom. The molecule has 71 heavy (non-hydrogen) atoms. The van der Waals surface area contributed by atoms with E-state index < -0.39 is 5.41 Å². The summed E-state index contributed by atoms with van der Waals surface area (Å²) in [6.45, 7) is 4.75. The zero-order valence-corrected chi connectivity index (χ0v) is 39.6. The molecule has 0 unspecified atom stereocenters. The van der Waals surface area contributed by atoms with Crippen molar-refractivity contribution < 1.29 is 0 Å². The third-order valence-electron chi connectivity index (χ3n) is 16.5. The van der Waals surface area contributed by atoms with E-state index in [1.54, 1.807) is 0 Å². The van der Waals surface area contributed by atoms with Gasteiger partial charge in [-0.1, -0.05) is 226 Å². The summed E-state index contributed by atoms with van der Waals surface area (Å²) >= 11 is 0. The fourth-order valence-electron chi connectivity index (χ4n) is 13.3. The van der Waals surface area contributed by atoms with Gasteiger partial charge >= 0.3 is 0 Å². The summed E-state index contributed by atoms with van der Waals surface area (Å²) < 4.78 is 0. The quantitative estimate of drug-likeness (QED) is 0.156. The highest BCUT2D eigenvalue weighted by atomic mass is 15.1. The van der Waals surface area contributed by atoms with Crippen LogP contribution < -0.4 is 4.90 Å². The Balaban J connectivity index is 1.07. The summed E-state index contributed by atoms with van der Waals surface area (Å²) in [4.78, 5) is 2.59. The van der Waals surface area contributed by atoms with Crippen LogP contribution in [-0.4, -0.2) is 0 Å². The molecule has 0 saturated carbocycles. The van der Waals surface area contributed by atoms with Gasteiger partial charge < -0.3 is 4.90 Å². The minimum absolute atomic E-state index is 0.126. The van der Waals surface area contributed by atoms with Gasteiger partial charge in [0, 0.05) is 22.4 Å². The van der Waals surface area contributed by atoms with Crippen molar-refractivity contribution in [3.63, 3.8) is 0 Å². The van der Waals surface area contributed by atoms with Crippen molar-refractivity contribution in [2.75, 3.05) is 4.90 Å². The molecule has 3 aliphatic carbocycles. The van der Waals surface area contributed by atoms with Crippen molar-refractivity contribution in [2.45, 2.75) is 24.7 Å². The molecule has 1 nitrogen and oxygen atoms in total. The van der Waals surface area contributed by atoms with Crippen LogP contribution in [-0.2, 0) is 10.8 Å². The van der Waals surface area contributed by atoms with Gasteiger partial charge in [-0.15, -0.1) is 0 Å². The second kappa shape index (κ2) is 14.9. The molecule has 0 saturated heterocycles. The summed E-state index contributed by atoms with van der Waals surface area (Å²) in [6, 6.07) is 93.9. The summed E-state index contributed by atoms with van der Waals surface area (Å²) in [6.07, 6.45) is 0. The van der Waals surface area contributed by atoms with Crippen molar-refractivity contribution in [2.24, 2.45) is 0 Å². The van der Waals surface area contributed by atoms with E-state index in [0.717, 1.165) is 17.1 Å². The van der Waals surface area contributed by atoms with Crippen molar-refractivity contribution in [1.29, 1.82) is 0 Å². The number of anilines is 3. The molecule has 12 aromatic rings. The second-order valence-electron chi connectivity index (χ2n) is 20.3. The van der Waals surface area contributed by atoms with Crippen LogP contribution in [0.4, 0.5) is 17.1 Å². The molecule has 15 rings (SSSR count). The Labute approximate surface area is 414 Å². The van der Waals surface area contributed by atoms with Crippen LogP contribution in [0.3, 0.4) is 0 Å². The van der Waals surface area contributed by atoms with Gasteiger partial charge in [-0.2, -0.15) is 0 Å². The molecule has 1 heteroatoms. The monoisotopic (exact) mass is 901 g/mol. The van der Waals surface area contributed by atoms with Crippen LogP contribution in [0, 0.1) is 0 Å². The average Bonchev–Trinajstić information content (AvgIpc) is 3.99. The predicted molar refractivity (Wildman–Crippen MR) is 298 cm³/mol. The molecule has 0 fully saturated rings. The molecule has 0 radical (unpaired) electrons. The lowest BCUT2D eigenvalue weighted by Crippen LogP contribution is -2.26. The molecule has 0 aromatic heterocycles. The van der Waals surface area contributed by atoms with Gasteiger partial charge in [0.2, 0.25) is 0 Å². The number of benzene rings is 12. The Hall–Kier alpha value is -8.78. The predicted octanol–water partition coefficient (Wildman–Crippen LogP) is 18.6. The van der Waals surface area contributed by atoms with E-state index in [4.69, 9.17) is 0 Å². The normalized spacial score (nSPS) is 14.0. The van der Waals surface area contributed by atoms with Gasteiger partial charge in [-0.25, -0.2) is 0 Å². The maximum absolute atomic E-state index is 2.59. The molecular formula is C70H47N. The summed E-state index contributed by atoms with van der Waals surface area (Å²) in [5.41, 5.74) is 23.3. The maximum atomic E-state index is 2.59. The second-order valence-corrected chi connectivity index (χ2v) is 20.3. The minimum atomic E-state index is -0.519. The number of nitrogens with zero attached hydrogens (tertiary/aromatic N) is 1. The van der Waals surface area contributed by atoms with Crippen LogP contribution in [0.1, 0.15) is 47.2 Å². The summed E-state index contributed by atoms with van der Waals surface area (Å²) in [5.74, 6) is 0. The molecule has 0 amide bonds. The highest BCUT2D eigenvalue weighted by molar-refractivity contribution is 6.26. The topological polar surface area (TPSA) is 3.24 Å². The van der Waals surface area contributed by atoms with Gasteiger partial charge in [-0.05, 0) is 152 Å². The molecule has 332 valence electrons. The van der Waals surface area contributed by atoms with E-state index >= 15 is 0 Å². The standard InChI is InChI=1S/C70H47N/c1-69(2)62-28-14-10-26-56(62)60-41-48(37-39-63(60)69)71(47-36-38-53-51-22-7-6-20-49(51)50-21-8-9-23-52(50)59(53)40-47)68-43-67-61(42-58(68)46-34-32-45(33-35-46)44-18-4-3-5-19-44)57-27-13-17-31-66(57)70(67)64-29-15-11-24-54(64)55-25-12-16-30-65(55)70/h3-43H,1-2H3. The molecule has 3 aliphatic rings. The van der Waals surface area contributed by atoms with Gasteiger partial charge in [0.25, 0.3) is 0 Å². The van der Waals surface area contributed by atoms with E-state index in [1.165, 1.54) is 121 Å². The Bertz CT molecular complexity index is 4110. The molecule has 0 atom stereocenters. The van der Waals surface area contributed by atoms with Gasteiger partial charge in [0.1, 0.15) is 0 Å². The smallest absolute Gasteiger partial charge is 0.0726 e. The minimum Gasteiger partial charge on any atom is -0.310 e. The molecule has 12 aromatic carbocycles.